The maximum absolute atomic E-state index is 15.2. The van der Waals surface area contributed by atoms with Gasteiger partial charge in [-0.15, -0.1) is 5.10 Å². The van der Waals surface area contributed by atoms with Crippen LogP contribution >= 0.6 is 11.6 Å². The summed E-state index contributed by atoms with van der Waals surface area (Å²) in [4.78, 5) is 40.5. The van der Waals surface area contributed by atoms with E-state index < -0.39 is 29.6 Å². The van der Waals surface area contributed by atoms with Gasteiger partial charge < -0.3 is 15.3 Å². The molecule has 3 heterocycles. The van der Waals surface area contributed by atoms with Crippen molar-refractivity contribution in [1.29, 1.82) is 0 Å². The molecule has 1 aliphatic rings. The third-order valence-corrected chi connectivity index (χ3v) is 7.95. The highest BCUT2D eigenvalue weighted by Gasteiger charge is 2.39. The van der Waals surface area contributed by atoms with Crippen LogP contribution in [0.4, 0.5) is 10.1 Å². The summed E-state index contributed by atoms with van der Waals surface area (Å²) in [6.07, 6.45) is 4.16. The normalized spacial score (nSPS) is 14.3. The van der Waals surface area contributed by atoms with Gasteiger partial charge >= 0.3 is 5.97 Å². The quantitative estimate of drug-likeness (QED) is 0.236. The topological polar surface area (TPSA) is 148 Å². The van der Waals surface area contributed by atoms with Crippen LogP contribution in [0.15, 0.2) is 79.1 Å². The van der Waals surface area contributed by atoms with Crippen LogP contribution in [-0.4, -0.2) is 64.3 Å². The summed E-state index contributed by atoms with van der Waals surface area (Å²) in [6.45, 7) is 2.43. The predicted molar refractivity (Wildman–Crippen MR) is 166 cm³/mol. The van der Waals surface area contributed by atoms with Gasteiger partial charge in [0.1, 0.15) is 12.4 Å². The smallest absolute Gasteiger partial charge is 0.335 e. The van der Waals surface area contributed by atoms with E-state index in [0.717, 1.165) is 11.3 Å². The maximum atomic E-state index is 15.2. The van der Waals surface area contributed by atoms with E-state index >= 15 is 4.39 Å². The minimum atomic E-state index is -1.10. The molecule has 232 valence electrons. The van der Waals surface area contributed by atoms with Crippen LogP contribution in [0, 0.1) is 12.7 Å². The van der Waals surface area contributed by atoms with Gasteiger partial charge in [-0.3, -0.25) is 14.3 Å². The van der Waals surface area contributed by atoms with Crippen LogP contribution in [0.25, 0.3) is 11.8 Å². The molecule has 0 saturated heterocycles. The molecule has 0 fully saturated rings. The van der Waals surface area contributed by atoms with E-state index in [0.29, 0.717) is 29.9 Å². The second-order valence-corrected chi connectivity index (χ2v) is 10.9. The number of aromatic carboxylic acids is 1. The number of anilines is 1. The summed E-state index contributed by atoms with van der Waals surface area (Å²) < 4.78 is 18.3. The summed E-state index contributed by atoms with van der Waals surface area (Å²) in [7, 11) is 0. The number of carboxylic acids is 1. The molecule has 14 heteroatoms. The lowest BCUT2D eigenvalue weighted by Crippen LogP contribution is -2.45. The Morgan fingerprint density at radius 1 is 1.09 bits per heavy atom. The lowest BCUT2D eigenvalue weighted by Gasteiger charge is -2.35. The molecule has 1 atom stereocenters. The number of aryl methyl sites for hydroxylation is 1. The third-order valence-electron chi connectivity index (χ3n) is 7.66. The number of carboxylic acid groups (broad SMARTS) is 1. The highest BCUT2D eigenvalue weighted by molar-refractivity contribution is 6.31. The fraction of sp³-hybridized carbons (Fsp3) is 0.156. The summed E-state index contributed by atoms with van der Waals surface area (Å²) >= 11 is 6.05. The highest BCUT2D eigenvalue weighted by atomic mass is 35.5. The number of halogens is 2. The molecule has 12 nitrogen and oxygen atoms in total. The molecule has 46 heavy (non-hydrogen) atoms. The number of rotatable bonds is 8. The van der Waals surface area contributed by atoms with Gasteiger partial charge in [-0.25, -0.2) is 9.18 Å². The van der Waals surface area contributed by atoms with Crippen molar-refractivity contribution in [2.75, 3.05) is 11.9 Å². The average Bonchev–Trinajstić information content (AvgIpc) is 3.70. The van der Waals surface area contributed by atoms with E-state index in [1.807, 2.05) is 35.0 Å². The SMILES string of the molecule is Cc1nn(Cc2ccccc2)c2c1C(C(=O)Nc1ccc(C(=O)O)cc1)N(C(=O)/C=C/c1c(-n3cnnn3)ccc(Cl)c1F)CC2. The molecule has 2 N–H and O–H groups in total. The summed E-state index contributed by atoms with van der Waals surface area (Å²) in [6, 6.07) is 17.3. The second kappa shape index (κ2) is 12.7. The molecule has 0 bridgehead atoms. The summed E-state index contributed by atoms with van der Waals surface area (Å²) in [5, 5.41) is 27.7. The number of fused-ring (bicyclic) bond motifs is 1. The number of nitrogens with zero attached hydrogens (tertiary/aromatic N) is 7. The molecule has 6 rings (SSSR count). The second-order valence-electron chi connectivity index (χ2n) is 10.5. The van der Waals surface area contributed by atoms with Crippen molar-refractivity contribution in [3.63, 3.8) is 0 Å². The van der Waals surface area contributed by atoms with Gasteiger partial charge in [0, 0.05) is 41.5 Å². The van der Waals surface area contributed by atoms with Gasteiger partial charge in [-0.2, -0.15) is 9.78 Å². The van der Waals surface area contributed by atoms with Crippen LogP contribution in [0.3, 0.4) is 0 Å². The van der Waals surface area contributed by atoms with Crippen molar-refractivity contribution in [2.24, 2.45) is 0 Å². The van der Waals surface area contributed by atoms with Crippen LogP contribution < -0.4 is 5.32 Å². The van der Waals surface area contributed by atoms with Gasteiger partial charge in [0.15, 0.2) is 5.82 Å². The van der Waals surface area contributed by atoms with Crippen LogP contribution in [0.1, 0.15) is 44.5 Å². The number of tetrazole rings is 1. The first kappa shape index (κ1) is 30.3. The van der Waals surface area contributed by atoms with Gasteiger partial charge in [-0.1, -0.05) is 41.9 Å². The minimum absolute atomic E-state index is 0.0165. The van der Waals surface area contributed by atoms with Gasteiger partial charge in [0.2, 0.25) is 5.91 Å². The number of nitrogens with one attached hydrogen (secondary N) is 1. The van der Waals surface area contributed by atoms with Crippen molar-refractivity contribution in [3.05, 3.63) is 124 Å². The van der Waals surface area contributed by atoms with Crippen LogP contribution in [0.5, 0.6) is 0 Å². The molecule has 1 unspecified atom stereocenters. The first-order valence-electron chi connectivity index (χ1n) is 14.2. The van der Waals surface area contributed by atoms with E-state index in [2.05, 4.69) is 20.8 Å². The van der Waals surface area contributed by atoms with Crippen LogP contribution in [-0.2, 0) is 22.6 Å². The zero-order valence-electron chi connectivity index (χ0n) is 24.3. The lowest BCUT2D eigenvalue weighted by molar-refractivity contribution is -0.135. The van der Waals surface area contributed by atoms with Crippen LogP contribution in [0.2, 0.25) is 5.02 Å². The molecule has 0 radical (unpaired) electrons. The van der Waals surface area contributed by atoms with Gasteiger partial charge in [-0.05, 0) is 65.4 Å². The Morgan fingerprint density at radius 2 is 1.85 bits per heavy atom. The van der Waals surface area contributed by atoms with E-state index in [-0.39, 0.29) is 28.4 Å². The summed E-state index contributed by atoms with van der Waals surface area (Å²) in [5.74, 6) is -2.93. The number of hydrogen-bond donors (Lipinski definition) is 2. The Balaban J connectivity index is 1.36. The molecule has 2 amide bonds. The number of aromatic nitrogens is 6. The number of benzene rings is 3. The molecule has 2 aromatic heterocycles. The fourth-order valence-corrected chi connectivity index (χ4v) is 5.68. The number of carbonyl (C=O) groups is 3. The third kappa shape index (κ3) is 6.00. The van der Waals surface area contributed by atoms with Crippen molar-refractivity contribution in [2.45, 2.75) is 25.9 Å². The van der Waals surface area contributed by atoms with Gasteiger partial charge in [0.25, 0.3) is 5.91 Å². The van der Waals surface area contributed by atoms with E-state index in [9.17, 15) is 19.5 Å². The van der Waals surface area contributed by atoms with E-state index in [4.69, 9.17) is 16.7 Å². The Morgan fingerprint density at radius 3 is 2.54 bits per heavy atom. The first-order chi connectivity index (χ1) is 22.2. The highest BCUT2D eigenvalue weighted by Crippen LogP contribution is 2.35. The van der Waals surface area contributed by atoms with Crippen molar-refractivity contribution in [3.8, 4) is 5.69 Å². The van der Waals surface area contributed by atoms with E-state index in [1.54, 1.807) is 6.92 Å². The van der Waals surface area contributed by atoms with E-state index in [1.165, 1.54) is 64.5 Å². The van der Waals surface area contributed by atoms with Crippen molar-refractivity contribution < 1.29 is 23.9 Å². The molecule has 0 saturated carbocycles. The number of amides is 2. The molecule has 1 aliphatic heterocycles. The van der Waals surface area contributed by atoms with Crippen molar-refractivity contribution in [1.82, 2.24) is 34.9 Å². The Labute approximate surface area is 266 Å². The predicted octanol–water partition coefficient (Wildman–Crippen LogP) is 4.48. The Bertz CT molecular complexity index is 1960. The molecule has 0 spiro atoms. The molecule has 0 aliphatic carbocycles. The Hall–Kier alpha value is -5.69. The van der Waals surface area contributed by atoms with Crippen molar-refractivity contribution >= 4 is 41.1 Å². The monoisotopic (exact) mass is 640 g/mol. The number of carbonyl (C=O) groups excluding carboxylic acids is 2. The van der Waals surface area contributed by atoms with Gasteiger partial charge in [0.05, 0.1) is 28.5 Å². The maximum Gasteiger partial charge on any atom is 0.335 e. The molecular weight excluding hydrogens is 615 g/mol. The largest absolute Gasteiger partial charge is 0.478 e. The molecular formula is C32H26ClFN8O4. The lowest BCUT2D eigenvalue weighted by atomic mass is 9.95. The number of hydrogen-bond acceptors (Lipinski definition) is 7. The average molecular weight is 641 g/mol. The fourth-order valence-electron chi connectivity index (χ4n) is 5.51. The Kier molecular flexibility index (Phi) is 8.40. The first-order valence-corrected chi connectivity index (χ1v) is 14.5. The zero-order chi connectivity index (χ0) is 32.4. The molecule has 3 aromatic carbocycles. The molecule has 5 aromatic rings. The standard InChI is InChI=1S/C32H26ClFN8O4/c1-19-28-26(41(37-19)17-20-5-3-2-4-6-20)15-16-40(30(28)31(44)36-22-9-7-21(8-10-22)32(45)46)27(43)14-11-23-25(42-18-35-38-39-42)13-12-24(33)29(23)34/h2-14,18,30H,15-17H2,1H3,(H,36,44)(H,45,46)/b14-11+. The zero-order valence-corrected chi connectivity index (χ0v) is 25.1. The summed E-state index contributed by atoms with van der Waals surface area (Å²) in [5.41, 5.74) is 3.67. The minimum Gasteiger partial charge on any atom is -0.478 e.